The minimum Gasteiger partial charge on any atom is -0.339 e. The molecule has 0 saturated carbocycles. The Bertz CT molecular complexity index is 1070. The molecule has 1 aliphatic rings. The van der Waals surface area contributed by atoms with Gasteiger partial charge in [-0.15, -0.1) is 5.10 Å². The Balaban J connectivity index is 1.52. The van der Waals surface area contributed by atoms with Crippen LogP contribution in [0.2, 0.25) is 0 Å². The molecule has 1 atom stereocenters. The van der Waals surface area contributed by atoms with E-state index in [1.807, 2.05) is 11.8 Å². The summed E-state index contributed by atoms with van der Waals surface area (Å²) in [5, 5.41) is 8.72. The van der Waals surface area contributed by atoms with E-state index in [0.717, 1.165) is 25.9 Å². The van der Waals surface area contributed by atoms with Crippen LogP contribution in [0.5, 0.6) is 0 Å². The SMILES string of the molecule is CCCC(C)C1CCN(C(=O)c2cnn(-c3nn4cccc4c(=O)[nH]3)c2C)CC1. The molecule has 0 spiro atoms. The molecule has 1 amide bonds. The molecule has 1 N–H and O–H groups in total. The van der Waals surface area contributed by atoms with Crippen LogP contribution in [0.25, 0.3) is 11.5 Å². The van der Waals surface area contributed by atoms with Gasteiger partial charge in [0.15, 0.2) is 0 Å². The summed E-state index contributed by atoms with van der Waals surface area (Å²) in [6.45, 7) is 7.95. The number of aromatic amines is 1. The van der Waals surface area contributed by atoms with Gasteiger partial charge in [-0.25, -0.2) is 9.20 Å². The number of nitrogens with zero attached hydrogens (tertiary/aromatic N) is 5. The fourth-order valence-corrected chi connectivity index (χ4v) is 4.39. The Hall–Kier alpha value is -2.90. The Morgan fingerprint density at radius 1 is 1.34 bits per heavy atom. The summed E-state index contributed by atoms with van der Waals surface area (Å²) in [6.07, 6.45) is 7.86. The molecule has 0 radical (unpaired) electrons. The molecule has 1 unspecified atom stereocenters. The van der Waals surface area contributed by atoms with Crippen LogP contribution in [0.3, 0.4) is 0 Å². The maximum Gasteiger partial charge on any atom is 0.276 e. The van der Waals surface area contributed by atoms with Gasteiger partial charge in [-0.3, -0.25) is 14.6 Å². The summed E-state index contributed by atoms with van der Waals surface area (Å²) in [4.78, 5) is 30.0. The molecule has 3 aromatic heterocycles. The van der Waals surface area contributed by atoms with E-state index in [-0.39, 0.29) is 11.5 Å². The van der Waals surface area contributed by atoms with E-state index in [9.17, 15) is 9.59 Å². The standard InChI is InChI=1S/C21H28N6O2/c1-4-6-14(2)16-8-11-25(12-9-16)20(29)17-13-22-27(15(17)3)21-23-19(28)18-7-5-10-26(18)24-21/h5,7,10,13-14,16H,4,6,8-9,11-12H2,1-3H3,(H,23,24,28). The molecule has 154 valence electrons. The highest BCUT2D eigenvalue weighted by Crippen LogP contribution is 2.28. The largest absolute Gasteiger partial charge is 0.339 e. The molecular formula is C21H28N6O2. The topological polar surface area (TPSA) is 88.3 Å². The number of carbonyl (C=O) groups is 1. The molecule has 4 rings (SSSR count). The number of H-pyrrole nitrogens is 1. The first-order valence-electron chi connectivity index (χ1n) is 10.4. The quantitative estimate of drug-likeness (QED) is 0.718. The highest BCUT2D eigenvalue weighted by Gasteiger charge is 2.28. The predicted octanol–water partition coefficient (Wildman–Crippen LogP) is 2.81. The Kier molecular flexibility index (Phi) is 5.25. The van der Waals surface area contributed by atoms with Crippen molar-refractivity contribution in [3.8, 4) is 5.95 Å². The van der Waals surface area contributed by atoms with Crippen LogP contribution in [-0.2, 0) is 0 Å². The van der Waals surface area contributed by atoms with E-state index in [2.05, 4.69) is 29.0 Å². The van der Waals surface area contributed by atoms with Crippen molar-refractivity contribution in [1.29, 1.82) is 0 Å². The lowest BCUT2D eigenvalue weighted by atomic mass is 9.83. The Morgan fingerprint density at radius 3 is 2.83 bits per heavy atom. The molecular weight excluding hydrogens is 368 g/mol. The first-order valence-corrected chi connectivity index (χ1v) is 10.4. The van der Waals surface area contributed by atoms with Gasteiger partial charge in [-0.2, -0.15) is 5.10 Å². The normalized spacial score (nSPS) is 16.4. The average Bonchev–Trinajstić information content (AvgIpc) is 3.34. The molecule has 0 aromatic carbocycles. The van der Waals surface area contributed by atoms with Crippen LogP contribution < -0.4 is 5.56 Å². The Morgan fingerprint density at radius 2 is 2.10 bits per heavy atom. The van der Waals surface area contributed by atoms with E-state index in [1.165, 1.54) is 22.0 Å². The van der Waals surface area contributed by atoms with Gasteiger partial charge in [-0.05, 0) is 43.7 Å². The summed E-state index contributed by atoms with van der Waals surface area (Å²) >= 11 is 0. The summed E-state index contributed by atoms with van der Waals surface area (Å²) in [5.74, 6) is 1.71. The third kappa shape index (κ3) is 3.59. The number of nitrogens with one attached hydrogen (secondary N) is 1. The van der Waals surface area contributed by atoms with Crippen LogP contribution in [0.4, 0.5) is 0 Å². The van der Waals surface area contributed by atoms with E-state index >= 15 is 0 Å². The molecule has 4 heterocycles. The number of piperidine rings is 1. The maximum absolute atomic E-state index is 13.1. The number of likely N-dealkylation sites (tertiary alicyclic amines) is 1. The fourth-order valence-electron chi connectivity index (χ4n) is 4.39. The predicted molar refractivity (Wildman–Crippen MR) is 110 cm³/mol. The van der Waals surface area contributed by atoms with Gasteiger partial charge in [0.1, 0.15) is 5.52 Å². The van der Waals surface area contributed by atoms with Crippen molar-refractivity contribution >= 4 is 11.4 Å². The van der Waals surface area contributed by atoms with Gasteiger partial charge in [0.2, 0.25) is 5.95 Å². The van der Waals surface area contributed by atoms with Crippen LogP contribution in [0, 0.1) is 18.8 Å². The molecule has 8 nitrogen and oxygen atoms in total. The fraction of sp³-hybridized carbons (Fsp3) is 0.524. The van der Waals surface area contributed by atoms with Crippen LogP contribution in [0.1, 0.15) is 55.6 Å². The summed E-state index contributed by atoms with van der Waals surface area (Å²) in [6, 6.07) is 3.46. The van der Waals surface area contributed by atoms with Gasteiger partial charge in [0, 0.05) is 19.3 Å². The second kappa shape index (κ2) is 7.85. The van der Waals surface area contributed by atoms with Crippen molar-refractivity contribution in [2.45, 2.75) is 46.5 Å². The molecule has 29 heavy (non-hydrogen) atoms. The number of aromatic nitrogens is 5. The first-order chi connectivity index (χ1) is 14.0. The number of hydrogen-bond acceptors (Lipinski definition) is 4. The van der Waals surface area contributed by atoms with Gasteiger partial charge >= 0.3 is 0 Å². The monoisotopic (exact) mass is 396 g/mol. The van der Waals surface area contributed by atoms with E-state index in [4.69, 9.17) is 0 Å². The zero-order valence-corrected chi connectivity index (χ0v) is 17.3. The highest BCUT2D eigenvalue weighted by molar-refractivity contribution is 5.95. The molecule has 1 saturated heterocycles. The van der Waals surface area contributed by atoms with E-state index in [1.54, 1.807) is 24.5 Å². The lowest BCUT2D eigenvalue weighted by molar-refractivity contribution is 0.0658. The van der Waals surface area contributed by atoms with Gasteiger partial charge in [0.25, 0.3) is 11.5 Å². The van der Waals surface area contributed by atoms with Crippen LogP contribution >= 0.6 is 0 Å². The minimum atomic E-state index is -0.244. The van der Waals surface area contributed by atoms with E-state index in [0.29, 0.717) is 34.6 Å². The van der Waals surface area contributed by atoms with Crippen molar-refractivity contribution in [2.75, 3.05) is 13.1 Å². The molecule has 8 heteroatoms. The number of rotatable bonds is 5. The summed E-state index contributed by atoms with van der Waals surface area (Å²) < 4.78 is 3.03. The second-order valence-electron chi connectivity index (χ2n) is 8.07. The van der Waals surface area contributed by atoms with Crippen molar-refractivity contribution < 1.29 is 4.79 Å². The second-order valence-corrected chi connectivity index (χ2v) is 8.07. The molecule has 3 aromatic rings. The Labute approximate surface area is 169 Å². The third-order valence-corrected chi connectivity index (χ3v) is 6.21. The average molecular weight is 396 g/mol. The molecule has 0 bridgehead atoms. The number of carbonyl (C=O) groups excluding carboxylic acids is 1. The van der Waals surface area contributed by atoms with Crippen molar-refractivity contribution in [3.63, 3.8) is 0 Å². The highest BCUT2D eigenvalue weighted by atomic mass is 16.2. The smallest absolute Gasteiger partial charge is 0.276 e. The number of hydrogen-bond donors (Lipinski definition) is 1. The van der Waals surface area contributed by atoms with Gasteiger partial charge in [0.05, 0.1) is 17.5 Å². The zero-order valence-electron chi connectivity index (χ0n) is 17.3. The van der Waals surface area contributed by atoms with Crippen molar-refractivity contribution in [3.05, 3.63) is 46.1 Å². The third-order valence-electron chi connectivity index (χ3n) is 6.21. The van der Waals surface area contributed by atoms with Crippen LogP contribution in [0.15, 0.2) is 29.3 Å². The van der Waals surface area contributed by atoms with Crippen LogP contribution in [-0.4, -0.2) is 48.3 Å². The van der Waals surface area contributed by atoms with Gasteiger partial charge in [-0.1, -0.05) is 26.7 Å². The molecule has 1 aliphatic heterocycles. The summed E-state index contributed by atoms with van der Waals surface area (Å²) in [7, 11) is 0. The first kappa shape index (κ1) is 19.4. The maximum atomic E-state index is 13.1. The molecule has 1 fully saturated rings. The van der Waals surface area contributed by atoms with Crippen molar-refractivity contribution in [2.24, 2.45) is 11.8 Å². The molecule has 0 aliphatic carbocycles. The summed E-state index contributed by atoms with van der Waals surface area (Å²) in [5.41, 5.74) is 1.45. The lowest BCUT2D eigenvalue weighted by Crippen LogP contribution is -2.40. The van der Waals surface area contributed by atoms with E-state index < -0.39 is 0 Å². The van der Waals surface area contributed by atoms with Gasteiger partial charge < -0.3 is 4.90 Å². The number of amides is 1. The minimum absolute atomic E-state index is 0.000247. The lowest BCUT2D eigenvalue weighted by Gasteiger charge is -2.35. The number of fused-ring (bicyclic) bond motifs is 1. The van der Waals surface area contributed by atoms with Crippen molar-refractivity contribution in [1.82, 2.24) is 29.3 Å². The zero-order chi connectivity index (χ0) is 20.5.